The highest BCUT2D eigenvalue weighted by molar-refractivity contribution is 5.30. The zero-order chi connectivity index (χ0) is 13.7. The summed E-state index contributed by atoms with van der Waals surface area (Å²) >= 11 is 0. The molecule has 6 heteroatoms. The summed E-state index contributed by atoms with van der Waals surface area (Å²) in [5.41, 5.74) is -0.787. The summed E-state index contributed by atoms with van der Waals surface area (Å²) in [5.74, 6) is 0.239. The van der Waals surface area contributed by atoms with Crippen LogP contribution in [0.25, 0.3) is 0 Å². The molecule has 0 amide bonds. The molecule has 0 aliphatic carbocycles. The number of hydrogen-bond donors (Lipinski definition) is 1. The normalized spacial score (nSPS) is 12.4. The molecule has 0 aromatic carbocycles. The summed E-state index contributed by atoms with van der Waals surface area (Å²) in [5, 5.41) is 7.03. The Morgan fingerprint density at radius 2 is 1.94 bits per heavy atom. The van der Waals surface area contributed by atoms with Crippen molar-refractivity contribution < 1.29 is 0 Å². The summed E-state index contributed by atoms with van der Waals surface area (Å²) < 4.78 is 2.23. The van der Waals surface area contributed by atoms with Crippen molar-refractivity contribution in [3.63, 3.8) is 0 Å². The van der Waals surface area contributed by atoms with Crippen molar-refractivity contribution in [3.8, 4) is 0 Å². The maximum Gasteiger partial charge on any atom is 0.346 e. The number of aryl methyl sites for hydroxylation is 1. The summed E-state index contributed by atoms with van der Waals surface area (Å²) in [4.78, 5) is 23.3. The molecule has 0 spiro atoms. The summed E-state index contributed by atoms with van der Waals surface area (Å²) in [6, 6.07) is 0.175. The van der Waals surface area contributed by atoms with E-state index in [4.69, 9.17) is 0 Å². The van der Waals surface area contributed by atoms with Crippen LogP contribution in [0, 0.1) is 0 Å². The summed E-state index contributed by atoms with van der Waals surface area (Å²) in [7, 11) is 2.99. The van der Waals surface area contributed by atoms with E-state index < -0.39 is 5.69 Å². The topological polar surface area (TPSA) is 68.9 Å². The molecule has 0 aliphatic heterocycles. The Labute approximate surface area is 107 Å². The van der Waals surface area contributed by atoms with Gasteiger partial charge in [-0.15, -0.1) is 5.10 Å². The molecule has 1 unspecified atom stereocenters. The van der Waals surface area contributed by atoms with Crippen LogP contribution in [-0.4, -0.2) is 20.4 Å². The number of anilines is 1. The van der Waals surface area contributed by atoms with Crippen LogP contribution in [0.2, 0.25) is 0 Å². The number of aromatic nitrogens is 3. The zero-order valence-electron chi connectivity index (χ0n) is 11.6. The summed E-state index contributed by atoms with van der Waals surface area (Å²) in [6.45, 7) is 4.17. The lowest BCUT2D eigenvalue weighted by Gasteiger charge is -2.14. The van der Waals surface area contributed by atoms with Crippen LogP contribution in [0.3, 0.4) is 0 Å². The standard InChI is InChI=1S/C12H22N4O2/c1-5-6-7-8-9(2)13-10-11(17)15(3)12(18)16(4)14-10/h9H,5-8H2,1-4H3,(H,13,14). The highest BCUT2D eigenvalue weighted by atomic mass is 16.2. The van der Waals surface area contributed by atoms with Gasteiger partial charge in [-0.2, -0.15) is 0 Å². The van der Waals surface area contributed by atoms with E-state index in [9.17, 15) is 9.59 Å². The minimum absolute atomic E-state index is 0.175. The first-order chi connectivity index (χ1) is 8.47. The number of hydrogen-bond acceptors (Lipinski definition) is 4. The van der Waals surface area contributed by atoms with Crippen LogP contribution in [0.4, 0.5) is 5.82 Å². The molecule has 102 valence electrons. The quantitative estimate of drug-likeness (QED) is 0.764. The first-order valence-corrected chi connectivity index (χ1v) is 6.38. The van der Waals surface area contributed by atoms with Crippen molar-refractivity contribution in [2.24, 2.45) is 14.1 Å². The van der Waals surface area contributed by atoms with E-state index in [0.29, 0.717) is 0 Å². The molecule has 0 saturated heterocycles. The maximum absolute atomic E-state index is 11.8. The first kappa shape index (κ1) is 14.5. The molecule has 0 aliphatic rings. The number of rotatable bonds is 6. The Kier molecular flexibility index (Phi) is 5.12. The third-order valence-corrected chi connectivity index (χ3v) is 2.94. The van der Waals surface area contributed by atoms with Gasteiger partial charge in [-0.1, -0.05) is 26.2 Å². The van der Waals surface area contributed by atoms with Crippen LogP contribution < -0.4 is 16.6 Å². The Hall–Kier alpha value is -1.59. The minimum atomic E-state index is -0.413. The van der Waals surface area contributed by atoms with Crippen LogP contribution >= 0.6 is 0 Å². The van der Waals surface area contributed by atoms with Gasteiger partial charge in [0.25, 0.3) is 5.56 Å². The Bertz CT molecular complexity index is 504. The molecule has 1 N–H and O–H groups in total. The third-order valence-electron chi connectivity index (χ3n) is 2.94. The second kappa shape index (κ2) is 6.37. The Balaban J connectivity index is 2.79. The van der Waals surface area contributed by atoms with E-state index in [1.54, 1.807) is 0 Å². The predicted octanol–water partition coefficient (Wildman–Crippen LogP) is 0.860. The molecular weight excluding hydrogens is 232 g/mol. The SMILES string of the molecule is CCCCCC(C)Nc1nn(C)c(=O)n(C)c1=O. The monoisotopic (exact) mass is 254 g/mol. The average molecular weight is 254 g/mol. The van der Waals surface area contributed by atoms with Gasteiger partial charge >= 0.3 is 5.69 Å². The fraction of sp³-hybridized carbons (Fsp3) is 0.750. The molecular formula is C12H22N4O2. The fourth-order valence-electron chi connectivity index (χ4n) is 1.80. The van der Waals surface area contributed by atoms with Crippen LogP contribution in [0.5, 0.6) is 0 Å². The highest BCUT2D eigenvalue weighted by Gasteiger charge is 2.10. The molecule has 1 aromatic rings. The van der Waals surface area contributed by atoms with E-state index in [-0.39, 0.29) is 17.4 Å². The molecule has 1 heterocycles. The lowest BCUT2D eigenvalue weighted by atomic mass is 10.1. The Morgan fingerprint density at radius 1 is 1.28 bits per heavy atom. The van der Waals surface area contributed by atoms with Crippen LogP contribution in [-0.2, 0) is 14.1 Å². The number of nitrogens with zero attached hydrogens (tertiary/aromatic N) is 3. The van der Waals surface area contributed by atoms with Gasteiger partial charge in [0.05, 0.1) is 0 Å². The molecule has 0 fully saturated rings. The second-order valence-corrected chi connectivity index (χ2v) is 4.66. The molecule has 0 saturated carbocycles. The molecule has 0 radical (unpaired) electrons. The number of nitrogens with one attached hydrogen (secondary N) is 1. The van der Waals surface area contributed by atoms with E-state index in [2.05, 4.69) is 17.3 Å². The minimum Gasteiger partial charge on any atom is -0.362 e. The van der Waals surface area contributed by atoms with Crippen molar-refractivity contribution in [3.05, 3.63) is 20.8 Å². The maximum atomic E-state index is 11.8. The van der Waals surface area contributed by atoms with Crippen molar-refractivity contribution in [1.82, 2.24) is 14.3 Å². The predicted molar refractivity (Wildman–Crippen MR) is 71.9 cm³/mol. The lowest BCUT2D eigenvalue weighted by Crippen LogP contribution is -2.40. The van der Waals surface area contributed by atoms with E-state index in [0.717, 1.165) is 17.4 Å². The van der Waals surface area contributed by atoms with Crippen molar-refractivity contribution >= 4 is 5.82 Å². The van der Waals surface area contributed by atoms with Crippen molar-refractivity contribution in [2.75, 3.05) is 5.32 Å². The molecule has 1 aromatic heterocycles. The molecule has 1 rings (SSSR count). The molecule has 0 bridgehead atoms. The van der Waals surface area contributed by atoms with Crippen molar-refractivity contribution in [1.29, 1.82) is 0 Å². The van der Waals surface area contributed by atoms with Crippen molar-refractivity contribution in [2.45, 2.75) is 45.6 Å². The van der Waals surface area contributed by atoms with E-state index >= 15 is 0 Å². The molecule has 1 atom stereocenters. The van der Waals surface area contributed by atoms with Gasteiger partial charge in [0.15, 0.2) is 0 Å². The van der Waals surface area contributed by atoms with E-state index in [1.807, 2.05) is 6.92 Å². The Morgan fingerprint density at radius 3 is 2.56 bits per heavy atom. The van der Waals surface area contributed by atoms with E-state index in [1.165, 1.54) is 31.6 Å². The van der Waals surface area contributed by atoms with Gasteiger partial charge in [-0.05, 0) is 13.3 Å². The average Bonchev–Trinajstić information content (AvgIpc) is 2.33. The van der Waals surface area contributed by atoms with Gasteiger partial charge in [0, 0.05) is 20.1 Å². The first-order valence-electron chi connectivity index (χ1n) is 6.38. The highest BCUT2D eigenvalue weighted by Crippen LogP contribution is 2.06. The smallest absolute Gasteiger partial charge is 0.346 e. The lowest BCUT2D eigenvalue weighted by molar-refractivity contribution is 0.583. The second-order valence-electron chi connectivity index (χ2n) is 4.66. The van der Waals surface area contributed by atoms with Gasteiger partial charge in [-0.25, -0.2) is 9.48 Å². The van der Waals surface area contributed by atoms with Gasteiger partial charge < -0.3 is 5.32 Å². The molecule has 6 nitrogen and oxygen atoms in total. The largest absolute Gasteiger partial charge is 0.362 e. The van der Waals surface area contributed by atoms with Crippen LogP contribution in [0.1, 0.15) is 39.5 Å². The van der Waals surface area contributed by atoms with Gasteiger partial charge in [-0.3, -0.25) is 9.36 Å². The van der Waals surface area contributed by atoms with Gasteiger partial charge in [0.1, 0.15) is 0 Å². The summed E-state index contributed by atoms with van der Waals surface area (Å²) in [6.07, 6.45) is 4.47. The fourth-order valence-corrected chi connectivity index (χ4v) is 1.80. The molecule has 18 heavy (non-hydrogen) atoms. The van der Waals surface area contributed by atoms with Crippen LogP contribution in [0.15, 0.2) is 9.59 Å². The van der Waals surface area contributed by atoms with Gasteiger partial charge in [0.2, 0.25) is 5.82 Å². The third kappa shape index (κ3) is 3.45. The zero-order valence-corrected chi connectivity index (χ0v) is 11.6. The number of unbranched alkanes of at least 4 members (excludes halogenated alkanes) is 2.